The molecule has 0 aliphatic rings. The molecule has 0 saturated carbocycles. The van der Waals surface area contributed by atoms with Crippen LogP contribution in [0.2, 0.25) is 0 Å². The fraction of sp³-hybridized carbons (Fsp3) is 0.263. The zero-order chi connectivity index (χ0) is 18.5. The van der Waals surface area contributed by atoms with E-state index in [1.807, 2.05) is 35.7 Å². The number of carbonyl (C=O) groups is 1. The van der Waals surface area contributed by atoms with Gasteiger partial charge in [-0.05, 0) is 36.1 Å². The number of amides is 1. The zero-order valence-corrected chi connectivity index (χ0v) is 15.2. The fourth-order valence-corrected chi connectivity index (χ4v) is 3.49. The molecule has 136 valence electrons. The Balaban J connectivity index is 1.63. The van der Waals surface area contributed by atoms with E-state index in [0.717, 1.165) is 11.3 Å². The molecule has 3 N–H and O–H groups in total. The van der Waals surface area contributed by atoms with Gasteiger partial charge in [0.15, 0.2) is 0 Å². The van der Waals surface area contributed by atoms with E-state index in [9.17, 15) is 9.90 Å². The number of thiophene rings is 1. The molecule has 0 bridgehead atoms. The zero-order valence-electron chi connectivity index (χ0n) is 14.4. The van der Waals surface area contributed by atoms with Gasteiger partial charge in [-0.3, -0.25) is 4.79 Å². The topological polar surface area (TPSA) is 90.4 Å². The van der Waals surface area contributed by atoms with Crippen molar-refractivity contribution in [3.05, 3.63) is 60.0 Å². The van der Waals surface area contributed by atoms with Gasteiger partial charge in [-0.15, -0.1) is 11.3 Å². The molecule has 2 atom stereocenters. The highest BCUT2D eigenvalue weighted by Crippen LogP contribution is 2.28. The standard InChI is InChI=1S/C19H21N3O3S/c1-13(23)17(22-11-16(19(20)24)21-12-22)7-8-25-15-5-2-4-14(10-15)18-6-3-9-26-18/h2-6,9-13,17,23H,7-8H2,1H3,(H2,20,24)/t13-,17+/m0/s1. The maximum absolute atomic E-state index is 11.2. The van der Waals surface area contributed by atoms with E-state index >= 15 is 0 Å². The molecule has 2 aromatic heterocycles. The van der Waals surface area contributed by atoms with Gasteiger partial charge >= 0.3 is 0 Å². The molecule has 0 aliphatic carbocycles. The first-order valence-corrected chi connectivity index (χ1v) is 9.20. The lowest BCUT2D eigenvalue weighted by molar-refractivity contribution is 0.0993. The Morgan fingerprint density at radius 3 is 2.88 bits per heavy atom. The lowest BCUT2D eigenvalue weighted by Gasteiger charge is -2.21. The summed E-state index contributed by atoms with van der Waals surface area (Å²) >= 11 is 1.68. The summed E-state index contributed by atoms with van der Waals surface area (Å²) < 4.78 is 7.57. The molecule has 0 saturated heterocycles. The third-order valence-electron chi connectivity index (χ3n) is 4.12. The summed E-state index contributed by atoms with van der Waals surface area (Å²) in [4.78, 5) is 16.3. The van der Waals surface area contributed by atoms with Gasteiger partial charge in [-0.1, -0.05) is 18.2 Å². The SMILES string of the molecule is C[C@H](O)[C@@H](CCOc1cccc(-c2cccs2)c1)n1cnc(C(N)=O)c1. The van der Waals surface area contributed by atoms with Crippen molar-refractivity contribution in [1.29, 1.82) is 0 Å². The van der Waals surface area contributed by atoms with Crippen LogP contribution in [0.5, 0.6) is 5.75 Å². The summed E-state index contributed by atoms with van der Waals surface area (Å²) in [5.74, 6) is 0.193. The predicted octanol–water partition coefficient (Wildman–Crippen LogP) is 3.10. The largest absolute Gasteiger partial charge is 0.493 e. The average molecular weight is 371 g/mol. The average Bonchev–Trinajstić information content (AvgIpc) is 3.30. The number of nitrogens with two attached hydrogens (primary N) is 1. The number of aliphatic hydroxyl groups excluding tert-OH is 1. The van der Waals surface area contributed by atoms with Gasteiger partial charge in [0, 0.05) is 17.5 Å². The van der Waals surface area contributed by atoms with Crippen LogP contribution < -0.4 is 10.5 Å². The summed E-state index contributed by atoms with van der Waals surface area (Å²) in [6.45, 7) is 2.12. The quantitative estimate of drug-likeness (QED) is 0.637. The van der Waals surface area contributed by atoms with E-state index in [-0.39, 0.29) is 11.7 Å². The molecule has 2 heterocycles. The van der Waals surface area contributed by atoms with E-state index in [0.29, 0.717) is 13.0 Å². The number of primary amides is 1. The van der Waals surface area contributed by atoms with E-state index in [4.69, 9.17) is 10.5 Å². The predicted molar refractivity (Wildman–Crippen MR) is 101 cm³/mol. The summed E-state index contributed by atoms with van der Waals surface area (Å²) in [6.07, 6.45) is 3.01. The van der Waals surface area contributed by atoms with Gasteiger partial charge in [0.25, 0.3) is 5.91 Å². The Morgan fingerprint density at radius 1 is 1.38 bits per heavy atom. The number of benzene rings is 1. The molecule has 0 radical (unpaired) electrons. The summed E-state index contributed by atoms with van der Waals surface area (Å²) in [6, 6.07) is 11.8. The second-order valence-corrected chi connectivity index (χ2v) is 6.97. The lowest BCUT2D eigenvalue weighted by Crippen LogP contribution is -2.23. The number of hydrogen-bond donors (Lipinski definition) is 2. The maximum Gasteiger partial charge on any atom is 0.268 e. The van der Waals surface area contributed by atoms with E-state index in [1.165, 1.54) is 11.2 Å². The van der Waals surface area contributed by atoms with Crippen molar-refractivity contribution in [2.75, 3.05) is 6.61 Å². The monoisotopic (exact) mass is 371 g/mol. The lowest BCUT2D eigenvalue weighted by atomic mass is 10.1. The number of imidazole rings is 1. The summed E-state index contributed by atoms with van der Waals surface area (Å²) in [7, 11) is 0. The van der Waals surface area contributed by atoms with Gasteiger partial charge in [0.05, 0.1) is 25.1 Å². The van der Waals surface area contributed by atoms with Gasteiger partial charge in [-0.2, -0.15) is 0 Å². The molecule has 0 unspecified atom stereocenters. The van der Waals surface area contributed by atoms with Crippen LogP contribution in [0.1, 0.15) is 29.9 Å². The van der Waals surface area contributed by atoms with E-state index in [2.05, 4.69) is 11.1 Å². The van der Waals surface area contributed by atoms with Crippen LogP contribution in [-0.4, -0.2) is 33.3 Å². The highest BCUT2D eigenvalue weighted by Gasteiger charge is 2.18. The second-order valence-electron chi connectivity index (χ2n) is 6.02. The van der Waals surface area contributed by atoms with E-state index in [1.54, 1.807) is 29.0 Å². The highest BCUT2D eigenvalue weighted by atomic mass is 32.1. The number of nitrogens with zero attached hydrogens (tertiary/aromatic N) is 2. The molecular formula is C19H21N3O3S. The summed E-state index contributed by atoms with van der Waals surface area (Å²) in [5, 5.41) is 12.1. The molecular weight excluding hydrogens is 350 g/mol. The van der Waals surface area contributed by atoms with Crippen molar-refractivity contribution in [2.24, 2.45) is 5.73 Å². The molecule has 1 aromatic carbocycles. The number of rotatable bonds is 8. The Kier molecular flexibility index (Phi) is 5.70. The summed E-state index contributed by atoms with van der Waals surface area (Å²) in [5.41, 5.74) is 6.53. The normalized spacial score (nSPS) is 13.3. The van der Waals surface area contributed by atoms with Gasteiger partial charge < -0.3 is 20.1 Å². The Hall–Kier alpha value is -2.64. The van der Waals surface area contributed by atoms with Crippen molar-refractivity contribution in [3.63, 3.8) is 0 Å². The van der Waals surface area contributed by atoms with Crippen molar-refractivity contribution < 1.29 is 14.6 Å². The van der Waals surface area contributed by atoms with Crippen LogP contribution in [0.25, 0.3) is 10.4 Å². The molecule has 3 aromatic rings. The molecule has 3 rings (SSSR count). The Morgan fingerprint density at radius 2 is 2.23 bits per heavy atom. The minimum Gasteiger partial charge on any atom is -0.493 e. The third-order valence-corrected chi connectivity index (χ3v) is 5.03. The number of carbonyl (C=O) groups excluding carboxylic acids is 1. The first-order chi connectivity index (χ1) is 12.5. The smallest absolute Gasteiger partial charge is 0.268 e. The van der Waals surface area contributed by atoms with Crippen molar-refractivity contribution in [2.45, 2.75) is 25.5 Å². The highest BCUT2D eigenvalue weighted by molar-refractivity contribution is 7.13. The van der Waals surface area contributed by atoms with Crippen molar-refractivity contribution in [1.82, 2.24) is 9.55 Å². The number of aliphatic hydroxyl groups is 1. The molecule has 0 aliphatic heterocycles. The van der Waals surface area contributed by atoms with Gasteiger partial charge in [0.1, 0.15) is 11.4 Å². The van der Waals surface area contributed by atoms with Gasteiger partial charge in [-0.25, -0.2) is 4.98 Å². The first-order valence-electron chi connectivity index (χ1n) is 8.32. The van der Waals surface area contributed by atoms with E-state index < -0.39 is 12.0 Å². The molecule has 7 heteroatoms. The van der Waals surface area contributed by atoms with Crippen LogP contribution in [0.3, 0.4) is 0 Å². The third kappa shape index (κ3) is 4.30. The van der Waals surface area contributed by atoms with Crippen LogP contribution in [0.4, 0.5) is 0 Å². The number of hydrogen-bond acceptors (Lipinski definition) is 5. The number of aromatic nitrogens is 2. The molecule has 6 nitrogen and oxygen atoms in total. The Bertz CT molecular complexity index is 859. The minimum absolute atomic E-state index is 0.181. The van der Waals surface area contributed by atoms with Crippen LogP contribution in [0.15, 0.2) is 54.3 Å². The molecule has 0 spiro atoms. The molecule has 0 fully saturated rings. The van der Waals surface area contributed by atoms with Gasteiger partial charge in [0.2, 0.25) is 0 Å². The van der Waals surface area contributed by atoms with Crippen molar-refractivity contribution in [3.8, 4) is 16.2 Å². The minimum atomic E-state index is -0.619. The Labute approximate surface area is 155 Å². The fourth-order valence-electron chi connectivity index (χ4n) is 2.76. The number of ether oxygens (including phenoxy) is 1. The molecule has 1 amide bonds. The van der Waals surface area contributed by atoms with Crippen LogP contribution in [0, 0.1) is 0 Å². The van der Waals surface area contributed by atoms with Crippen molar-refractivity contribution >= 4 is 17.2 Å². The van der Waals surface area contributed by atoms with Crippen LogP contribution >= 0.6 is 11.3 Å². The van der Waals surface area contributed by atoms with Crippen LogP contribution in [-0.2, 0) is 0 Å². The first kappa shape index (κ1) is 18.2. The second kappa shape index (κ2) is 8.16. The maximum atomic E-state index is 11.2. The molecule has 26 heavy (non-hydrogen) atoms.